The zero-order valence-electron chi connectivity index (χ0n) is 12.8. The van der Waals surface area contributed by atoms with Gasteiger partial charge < -0.3 is 0 Å². The number of fused-ring (bicyclic) bond motifs is 1. The monoisotopic (exact) mass is 345 g/mol. The third-order valence-electron chi connectivity index (χ3n) is 3.64. The SMILES string of the molecule is C/C=C/c1cc2cc(Cl)ccc2n1S(=O)(=O)c1ccc(C)cc1. The number of allylic oxidation sites excluding steroid dienone is 1. The lowest BCUT2D eigenvalue weighted by Gasteiger charge is -2.10. The summed E-state index contributed by atoms with van der Waals surface area (Å²) >= 11 is 6.03. The Labute approximate surface area is 140 Å². The first-order valence-corrected chi connectivity index (χ1v) is 9.01. The summed E-state index contributed by atoms with van der Waals surface area (Å²) in [4.78, 5) is 0.265. The van der Waals surface area contributed by atoms with Crippen LogP contribution in [-0.2, 0) is 10.0 Å². The van der Waals surface area contributed by atoms with Crippen LogP contribution >= 0.6 is 11.6 Å². The highest BCUT2D eigenvalue weighted by atomic mass is 35.5. The highest BCUT2D eigenvalue weighted by molar-refractivity contribution is 7.90. The first-order valence-electron chi connectivity index (χ1n) is 7.19. The van der Waals surface area contributed by atoms with E-state index < -0.39 is 10.0 Å². The van der Waals surface area contributed by atoms with Crippen LogP contribution < -0.4 is 0 Å². The number of benzene rings is 2. The molecule has 23 heavy (non-hydrogen) atoms. The second-order valence-corrected chi connectivity index (χ2v) is 7.58. The number of hydrogen-bond acceptors (Lipinski definition) is 2. The third kappa shape index (κ3) is 2.80. The Morgan fingerprint density at radius 2 is 1.74 bits per heavy atom. The standard InChI is InChI=1S/C18H16ClNO2S/c1-3-4-16-12-14-11-15(19)7-10-18(14)20(16)23(21,22)17-8-5-13(2)6-9-17/h3-12H,1-2H3/b4-3+. The largest absolute Gasteiger partial charge is 0.268 e. The van der Waals surface area contributed by atoms with Crippen molar-refractivity contribution < 1.29 is 8.42 Å². The summed E-state index contributed by atoms with van der Waals surface area (Å²) < 4.78 is 27.6. The van der Waals surface area contributed by atoms with E-state index >= 15 is 0 Å². The molecule has 0 bridgehead atoms. The molecule has 0 aliphatic heterocycles. The Hall–Kier alpha value is -2.04. The molecule has 0 saturated carbocycles. The van der Waals surface area contributed by atoms with E-state index in [9.17, 15) is 8.42 Å². The molecule has 0 fully saturated rings. The van der Waals surface area contributed by atoms with Gasteiger partial charge in [0.25, 0.3) is 10.0 Å². The van der Waals surface area contributed by atoms with Gasteiger partial charge in [0, 0.05) is 10.4 Å². The van der Waals surface area contributed by atoms with E-state index in [4.69, 9.17) is 11.6 Å². The Morgan fingerprint density at radius 3 is 2.39 bits per heavy atom. The van der Waals surface area contributed by atoms with Gasteiger partial charge in [-0.15, -0.1) is 0 Å². The van der Waals surface area contributed by atoms with Crippen molar-refractivity contribution in [2.24, 2.45) is 0 Å². The minimum absolute atomic E-state index is 0.265. The number of nitrogens with zero attached hydrogens (tertiary/aromatic N) is 1. The van der Waals surface area contributed by atoms with Crippen molar-refractivity contribution in [1.82, 2.24) is 3.97 Å². The predicted octanol–water partition coefficient (Wildman–Crippen LogP) is 4.87. The number of aryl methyl sites for hydroxylation is 1. The van der Waals surface area contributed by atoms with E-state index in [2.05, 4.69) is 0 Å². The van der Waals surface area contributed by atoms with Crippen molar-refractivity contribution >= 4 is 38.6 Å². The lowest BCUT2D eigenvalue weighted by Crippen LogP contribution is -2.14. The molecule has 0 saturated heterocycles. The molecule has 0 amide bonds. The summed E-state index contributed by atoms with van der Waals surface area (Å²) in [6.45, 7) is 3.78. The molecule has 1 heterocycles. The maximum absolute atomic E-state index is 13.1. The number of hydrogen-bond donors (Lipinski definition) is 0. The molecule has 3 rings (SSSR count). The Bertz CT molecular complexity index is 999. The fourth-order valence-corrected chi connectivity index (χ4v) is 4.24. The van der Waals surface area contributed by atoms with Crippen molar-refractivity contribution in [3.05, 3.63) is 70.9 Å². The van der Waals surface area contributed by atoms with Gasteiger partial charge in [0.2, 0.25) is 0 Å². The average molecular weight is 346 g/mol. The van der Waals surface area contributed by atoms with Crippen LogP contribution in [0.3, 0.4) is 0 Å². The van der Waals surface area contributed by atoms with E-state index in [1.54, 1.807) is 48.5 Å². The molecular formula is C18H16ClNO2S. The van der Waals surface area contributed by atoms with Crippen LogP contribution in [0, 0.1) is 6.92 Å². The van der Waals surface area contributed by atoms with Gasteiger partial charge in [-0.25, -0.2) is 12.4 Å². The van der Waals surface area contributed by atoms with Crippen LogP contribution in [0.4, 0.5) is 0 Å². The van der Waals surface area contributed by atoms with Crippen molar-refractivity contribution in [3.8, 4) is 0 Å². The van der Waals surface area contributed by atoms with Crippen LogP contribution in [0.25, 0.3) is 17.0 Å². The Kier molecular flexibility index (Phi) is 4.04. The molecule has 2 aromatic carbocycles. The number of aromatic nitrogens is 1. The normalized spacial score (nSPS) is 12.3. The first kappa shape index (κ1) is 15.8. The van der Waals surface area contributed by atoms with Crippen LogP contribution in [0.15, 0.2) is 59.5 Å². The summed E-state index contributed by atoms with van der Waals surface area (Å²) in [6, 6.07) is 13.9. The Morgan fingerprint density at radius 1 is 1.04 bits per heavy atom. The van der Waals surface area contributed by atoms with Gasteiger partial charge in [-0.1, -0.05) is 35.4 Å². The van der Waals surface area contributed by atoms with Gasteiger partial charge >= 0.3 is 0 Å². The van der Waals surface area contributed by atoms with Crippen molar-refractivity contribution in [3.63, 3.8) is 0 Å². The molecule has 0 unspecified atom stereocenters. The molecule has 5 heteroatoms. The smallest absolute Gasteiger partial charge is 0.234 e. The topological polar surface area (TPSA) is 39.1 Å². The Balaban J connectivity index is 2.33. The van der Waals surface area contributed by atoms with E-state index in [1.165, 1.54) is 3.97 Å². The van der Waals surface area contributed by atoms with E-state index in [1.807, 2.05) is 26.0 Å². The third-order valence-corrected chi connectivity index (χ3v) is 5.63. The predicted molar refractivity (Wildman–Crippen MR) is 95.4 cm³/mol. The van der Waals surface area contributed by atoms with E-state index in [0.29, 0.717) is 16.2 Å². The summed E-state index contributed by atoms with van der Waals surface area (Å²) in [5.41, 5.74) is 2.23. The molecule has 0 radical (unpaired) electrons. The van der Waals surface area contributed by atoms with Crippen LogP contribution in [0.2, 0.25) is 5.02 Å². The zero-order chi connectivity index (χ0) is 16.6. The lowest BCUT2D eigenvalue weighted by atomic mass is 10.2. The molecule has 0 spiro atoms. The molecule has 3 aromatic rings. The molecule has 1 aromatic heterocycles. The molecule has 0 aliphatic rings. The minimum atomic E-state index is -3.68. The maximum atomic E-state index is 13.1. The molecular weight excluding hydrogens is 330 g/mol. The summed E-state index contributed by atoms with van der Waals surface area (Å²) in [7, 11) is -3.68. The van der Waals surface area contributed by atoms with E-state index in [0.717, 1.165) is 10.9 Å². The summed E-state index contributed by atoms with van der Waals surface area (Å²) in [5.74, 6) is 0. The summed E-state index contributed by atoms with van der Waals surface area (Å²) in [5, 5.41) is 1.37. The highest BCUT2D eigenvalue weighted by Gasteiger charge is 2.22. The number of rotatable bonds is 3. The van der Waals surface area contributed by atoms with Crippen molar-refractivity contribution in [2.75, 3.05) is 0 Å². The number of halogens is 1. The van der Waals surface area contributed by atoms with Gasteiger partial charge in [0.15, 0.2) is 0 Å². The van der Waals surface area contributed by atoms with Gasteiger partial charge in [-0.2, -0.15) is 0 Å². The molecule has 0 atom stereocenters. The van der Waals surface area contributed by atoms with Gasteiger partial charge in [0.05, 0.1) is 16.1 Å². The quantitative estimate of drug-likeness (QED) is 0.679. The first-order chi connectivity index (χ1) is 10.9. The zero-order valence-corrected chi connectivity index (χ0v) is 14.4. The molecule has 118 valence electrons. The van der Waals surface area contributed by atoms with Crippen molar-refractivity contribution in [1.29, 1.82) is 0 Å². The average Bonchev–Trinajstić information content (AvgIpc) is 2.85. The molecule has 0 aliphatic carbocycles. The van der Waals surface area contributed by atoms with Gasteiger partial charge in [-0.05, 0) is 56.3 Å². The lowest BCUT2D eigenvalue weighted by molar-refractivity contribution is 0.589. The van der Waals surface area contributed by atoms with Gasteiger partial charge in [0.1, 0.15) is 0 Å². The van der Waals surface area contributed by atoms with Crippen LogP contribution in [0.1, 0.15) is 18.2 Å². The molecule has 3 nitrogen and oxygen atoms in total. The second-order valence-electron chi connectivity index (χ2n) is 5.35. The second kappa shape index (κ2) is 5.87. The minimum Gasteiger partial charge on any atom is -0.234 e. The molecule has 0 N–H and O–H groups in total. The maximum Gasteiger partial charge on any atom is 0.268 e. The summed E-state index contributed by atoms with van der Waals surface area (Å²) in [6.07, 6.45) is 3.59. The van der Waals surface area contributed by atoms with Gasteiger partial charge in [-0.3, -0.25) is 0 Å². The fraction of sp³-hybridized carbons (Fsp3) is 0.111. The van der Waals surface area contributed by atoms with Crippen LogP contribution in [0.5, 0.6) is 0 Å². The van der Waals surface area contributed by atoms with E-state index in [-0.39, 0.29) is 4.90 Å². The van der Waals surface area contributed by atoms with Crippen molar-refractivity contribution in [2.45, 2.75) is 18.7 Å². The highest BCUT2D eigenvalue weighted by Crippen LogP contribution is 2.28. The fourth-order valence-electron chi connectivity index (χ4n) is 2.55. The van der Waals surface area contributed by atoms with Crippen LogP contribution in [-0.4, -0.2) is 12.4 Å².